The third-order valence-electron chi connectivity index (χ3n) is 5.60. The van der Waals surface area contributed by atoms with E-state index in [1.807, 2.05) is 26.0 Å². The van der Waals surface area contributed by atoms with Gasteiger partial charge in [0.25, 0.3) is 0 Å². The van der Waals surface area contributed by atoms with E-state index in [0.29, 0.717) is 23.5 Å². The normalized spacial score (nSPS) is 13.6. The fourth-order valence-corrected chi connectivity index (χ4v) is 3.66. The van der Waals surface area contributed by atoms with Crippen LogP contribution in [-0.4, -0.2) is 42.2 Å². The van der Waals surface area contributed by atoms with Gasteiger partial charge in [0.2, 0.25) is 5.91 Å². The van der Waals surface area contributed by atoms with E-state index in [2.05, 4.69) is 45.5 Å². The molecule has 7 nitrogen and oxygen atoms in total. The fraction of sp³-hybridized carbons (Fsp3) is 0.308. The molecule has 1 aromatic heterocycles. The number of benzene rings is 2. The molecule has 7 heteroatoms. The first-order valence-corrected chi connectivity index (χ1v) is 11.1. The first-order valence-electron chi connectivity index (χ1n) is 11.1. The largest absolute Gasteiger partial charge is 0.378 e. The van der Waals surface area contributed by atoms with Crippen molar-refractivity contribution in [2.45, 2.75) is 20.3 Å². The lowest BCUT2D eigenvalue weighted by atomic mass is 10.1. The Balaban J connectivity index is 1.49. The number of nitrogens with one attached hydrogen (secondary N) is 1. The minimum Gasteiger partial charge on any atom is -0.378 e. The van der Waals surface area contributed by atoms with E-state index in [9.17, 15) is 10.1 Å². The Morgan fingerprint density at radius 1 is 1.15 bits per heavy atom. The van der Waals surface area contributed by atoms with Gasteiger partial charge in [-0.05, 0) is 35.9 Å². The summed E-state index contributed by atoms with van der Waals surface area (Å²) in [6.45, 7) is 6.98. The molecule has 0 aliphatic carbocycles. The van der Waals surface area contributed by atoms with Crippen LogP contribution in [0.25, 0.3) is 11.3 Å². The van der Waals surface area contributed by atoms with Gasteiger partial charge in [0.05, 0.1) is 30.2 Å². The molecule has 1 N–H and O–H groups in total. The van der Waals surface area contributed by atoms with Gasteiger partial charge in [0.15, 0.2) is 0 Å². The summed E-state index contributed by atoms with van der Waals surface area (Å²) in [6, 6.07) is 17.8. The zero-order valence-electron chi connectivity index (χ0n) is 18.9. The van der Waals surface area contributed by atoms with Gasteiger partial charge in [0.1, 0.15) is 11.9 Å². The first kappa shape index (κ1) is 22.4. The summed E-state index contributed by atoms with van der Waals surface area (Å²) in [5.74, 6) is 0.425. The van der Waals surface area contributed by atoms with Crippen LogP contribution < -0.4 is 10.2 Å². The number of nitrogens with zero attached hydrogens (tertiary/aromatic N) is 4. The van der Waals surface area contributed by atoms with Crippen LogP contribution in [0.15, 0.2) is 54.7 Å². The summed E-state index contributed by atoms with van der Waals surface area (Å²) in [4.78, 5) is 23.5. The van der Waals surface area contributed by atoms with Crippen LogP contribution in [0.5, 0.6) is 0 Å². The summed E-state index contributed by atoms with van der Waals surface area (Å²) in [7, 11) is 0. The van der Waals surface area contributed by atoms with Gasteiger partial charge < -0.3 is 15.0 Å². The number of amides is 1. The molecule has 33 heavy (non-hydrogen) atoms. The molecular formula is C26H27N5O2. The smallest absolute Gasteiger partial charge is 0.226 e. The number of morpholine rings is 1. The Hall–Kier alpha value is -3.76. The maximum atomic E-state index is 12.0. The number of anilines is 2. The molecule has 1 aliphatic rings. The predicted octanol–water partition coefficient (Wildman–Crippen LogP) is 4.04. The average molecular weight is 442 g/mol. The molecule has 1 aliphatic heterocycles. The van der Waals surface area contributed by atoms with Gasteiger partial charge in [-0.3, -0.25) is 4.79 Å². The standard InChI is InChI=1S/C26H27N5O2/c1-18(2)26(32)30-23-8-5-20(16-21(23)17-27)24-9-10-28-25(29-24)15-19-3-6-22(7-4-19)31-11-13-33-14-12-31/h3-10,16,18H,11-15H2,1-2H3,(H,30,32). The number of carbonyl (C=O) groups excluding carboxylic acids is 1. The molecule has 3 aromatic rings. The molecular weight excluding hydrogens is 414 g/mol. The van der Waals surface area contributed by atoms with Gasteiger partial charge in [-0.25, -0.2) is 9.97 Å². The van der Waals surface area contributed by atoms with Crippen LogP contribution in [0.3, 0.4) is 0 Å². The van der Waals surface area contributed by atoms with E-state index in [1.165, 1.54) is 5.69 Å². The van der Waals surface area contributed by atoms with E-state index in [4.69, 9.17) is 9.72 Å². The molecule has 1 amide bonds. The van der Waals surface area contributed by atoms with Crippen molar-refractivity contribution >= 4 is 17.3 Å². The highest BCUT2D eigenvalue weighted by atomic mass is 16.5. The molecule has 2 heterocycles. The number of carbonyl (C=O) groups is 1. The van der Waals surface area contributed by atoms with Crippen LogP contribution in [-0.2, 0) is 16.0 Å². The Bertz CT molecular complexity index is 1160. The van der Waals surface area contributed by atoms with Crippen molar-refractivity contribution in [3.8, 4) is 17.3 Å². The first-order chi connectivity index (χ1) is 16.0. The van der Waals surface area contributed by atoms with Gasteiger partial charge >= 0.3 is 0 Å². The fourth-order valence-electron chi connectivity index (χ4n) is 3.66. The number of hydrogen-bond acceptors (Lipinski definition) is 6. The molecule has 168 valence electrons. The van der Waals surface area contributed by atoms with Crippen molar-refractivity contribution in [2.75, 3.05) is 36.5 Å². The van der Waals surface area contributed by atoms with Gasteiger partial charge in [-0.15, -0.1) is 0 Å². The van der Waals surface area contributed by atoms with Gasteiger partial charge in [-0.1, -0.05) is 32.0 Å². The summed E-state index contributed by atoms with van der Waals surface area (Å²) in [5, 5.41) is 12.4. The zero-order chi connectivity index (χ0) is 23.2. The zero-order valence-corrected chi connectivity index (χ0v) is 18.9. The topological polar surface area (TPSA) is 91.1 Å². The van der Waals surface area contributed by atoms with Crippen molar-refractivity contribution in [3.63, 3.8) is 0 Å². The second-order valence-electron chi connectivity index (χ2n) is 8.32. The van der Waals surface area contributed by atoms with Gasteiger partial charge in [-0.2, -0.15) is 5.26 Å². The SMILES string of the molecule is CC(C)C(=O)Nc1ccc(-c2ccnc(Cc3ccc(N4CCOCC4)cc3)n2)cc1C#N. The molecule has 2 aromatic carbocycles. The molecule has 0 spiro atoms. The summed E-state index contributed by atoms with van der Waals surface area (Å²) in [6.07, 6.45) is 2.35. The lowest BCUT2D eigenvalue weighted by Crippen LogP contribution is -2.36. The quantitative estimate of drug-likeness (QED) is 0.621. The molecule has 1 saturated heterocycles. The van der Waals surface area contributed by atoms with E-state index >= 15 is 0 Å². The predicted molar refractivity (Wildman–Crippen MR) is 128 cm³/mol. The molecule has 0 saturated carbocycles. The lowest BCUT2D eigenvalue weighted by molar-refractivity contribution is -0.118. The van der Waals surface area contributed by atoms with Crippen LogP contribution >= 0.6 is 0 Å². The van der Waals surface area contributed by atoms with Crippen molar-refractivity contribution in [3.05, 3.63) is 71.7 Å². The second-order valence-corrected chi connectivity index (χ2v) is 8.32. The number of aromatic nitrogens is 2. The average Bonchev–Trinajstić information content (AvgIpc) is 2.85. The van der Waals surface area contributed by atoms with E-state index < -0.39 is 0 Å². The van der Waals surface area contributed by atoms with E-state index in [1.54, 1.807) is 18.3 Å². The lowest BCUT2D eigenvalue weighted by Gasteiger charge is -2.28. The maximum absolute atomic E-state index is 12.0. The van der Waals surface area contributed by atoms with Crippen LogP contribution in [0.1, 0.15) is 30.8 Å². The Labute approximate surface area is 194 Å². The van der Waals surface area contributed by atoms with Crippen LogP contribution in [0.4, 0.5) is 11.4 Å². The molecule has 0 atom stereocenters. The van der Waals surface area contributed by atoms with Crippen molar-refractivity contribution in [1.29, 1.82) is 5.26 Å². The third kappa shape index (κ3) is 5.54. The highest BCUT2D eigenvalue weighted by molar-refractivity contribution is 5.93. The second kappa shape index (κ2) is 10.2. The van der Waals surface area contributed by atoms with E-state index in [0.717, 1.165) is 43.1 Å². The van der Waals surface area contributed by atoms with Crippen LogP contribution in [0.2, 0.25) is 0 Å². The number of ether oxygens (including phenoxy) is 1. The van der Waals surface area contributed by atoms with E-state index in [-0.39, 0.29) is 11.8 Å². The molecule has 4 rings (SSSR count). The Morgan fingerprint density at radius 2 is 1.91 bits per heavy atom. The van der Waals surface area contributed by atoms with Crippen molar-refractivity contribution < 1.29 is 9.53 Å². The number of rotatable bonds is 6. The Kier molecular flexibility index (Phi) is 6.96. The Morgan fingerprint density at radius 3 is 2.61 bits per heavy atom. The van der Waals surface area contributed by atoms with Gasteiger partial charge in [0, 0.05) is 42.9 Å². The third-order valence-corrected chi connectivity index (χ3v) is 5.60. The molecule has 0 radical (unpaired) electrons. The minimum atomic E-state index is -0.163. The number of nitriles is 1. The molecule has 0 unspecified atom stereocenters. The highest BCUT2D eigenvalue weighted by Crippen LogP contribution is 2.25. The summed E-state index contributed by atoms with van der Waals surface area (Å²) in [5.41, 5.74) is 4.79. The van der Waals surface area contributed by atoms with Crippen molar-refractivity contribution in [1.82, 2.24) is 9.97 Å². The van der Waals surface area contributed by atoms with Crippen molar-refractivity contribution in [2.24, 2.45) is 5.92 Å². The summed E-state index contributed by atoms with van der Waals surface area (Å²) < 4.78 is 5.42. The summed E-state index contributed by atoms with van der Waals surface area (Å²) >= 11 is 0. The number of hydrogen-bond donors (Lipinski definition) is 1. The molecule has 0 bridgehead atoms. The van der Waals surface area contributed by atoms with Crippen LogP contribution in [0, 0.1) is 17.2 Å². The minimum absolute atomic E-state index is 0.122. The molecule has 1 fully saturated rings. The monoisotopic (exact) mass is 441 g/mol. The maximum Gasteiger partial charge on any atom is 0.226 e. The highest BCUT2D eigenvalue weighted by Gasteiger charge is 2.13.